The zero-order chi connectivity index (χ0) is 16.3. The molecule has 0 amide bonds. The molecule has 2 rings (SSSR count). The average Bonchev–Trinajstić information content (AvgIpc) is 2.82. The fraction of sp³-hybridized carbons (Fsp3) is 0.500. The number of esters is 1. The largest absolute Gasteiger partial charge is 0.496 e. The van der Waals surface area contributed by atoms with Crippen molar-refractivity contribution in [3.63, 3.8) is 0 Å². The van der Waals surface area contributed by atoms with Crippen molar-refractivity contribution in [2.75, 3.05) is 13.7 Å². The number of carbonyl (C=O) groups is 2. The van der Waals surface area contributed by atoms with Crippen LogP contribution in [-0.2, 0) is 16.0 Å². The van der Waals surface area contributed by atoms with E-state index in [-0.39, 0.29) is 12.2 Å². The Morgan fingerprint density at radius 2 is 2.14 bits per heavy atom. The lowest BCUT2D eigenvalue weighted by Gasteiger charge is -2.24. The first-order valence-electron chi connectivity index (χ1n) is 7.15. The third-order valence-corrected chi connectivity index (χ3v) is 3.93. The molecule has 4 nitrogen and oxygen atoms in total. The highest BCUT2D eigenvalue weighted by Gasteiger charge is 2.60. The number of rotatable bonds is 6. The van der Waals surface area contributed by atoms with Crippen molar-refractivity contribution in [3.8, 4) is 5.75 Å². The molecule has 120 valence electrons. The number of unbranched alkanes of at least 4 members (excludes halogenated alkanes) is 1. The summed E-state index contributed by atoms with van der Waals surface area (Å²) in [4.78, 5) is 24.7. The summed E-state index contributed by atoms with van der Waals surface area (Å²) in [5, 5.41) is 0. The van der Waals surface area contributed by atoms with Crippen LogP contribution in [0.25, 0.3) is 0 Å². The number of benzene rings is 1. The first-order valence-corrected chi connectivity index (χ1v) is 7.15. The number of fused-ring (bicyclic) bond motifs is 1. The summed E-state index contributed by atoms with van der Waals surface area (Å²) in [6, 6.07) is 4.55. The molecule has 0 saturated carbocycles. The van der Waals surface area contributed by atoms with E-state index >= 15 is 0 Å². The minimum atomic E-state index is -3.13. The van der Waals surface area contributed by atoms with Gasteiger partial charge in [0.2, 0.25) is 0 Å². The Labute approximate surface area is 127 Å². The normalized spacial score (nSPS) is 20.1. The monoisotopic (exact) mass is 312 g/mol. The van der Waals surface area contributed by atoms with Crippen molar-refractivity contribution in [1.29, 1.82) is 0 Å². The van der Waals surface area contributed by atoms with E-state index in [1.165, 1.54) is 13.2 Å². The minimum Gasteiger partial charge on any atom is -0.496 e. The van der Waals surface area contributed by atoms with Crippen LogP contribution in [0.3, 0.4) is 0 Å². The number of methoxy groups -OCH3 is 1. The van der Waals surface area contributed by atoms with Gasteiger partial charge in [-0.15, -0.1) is 0 Å². The molecule has 0 fully saturated rings. The van der Waals surface area contributed by atoms with Crippen LogP contribution in [0.1, 0.15) is 35.7 Å². The first kappa shape index (κ1) is 16.4. The molecule has 0 saturated heterocycles. The smallest absolute Gasteiger partial charge is 0.326 e. The maximum atomic E-state index is 13.6. The Kier molecular flexibility index (Phi) is 4.78. The lowest BCUT2D eigenvalue weighted by Crippen LogP contribution is -2.45. The van der Waals surface area contributed by atoms with E-state index in [9.17, 15) is 18.4 Å². The molecule has 1 aliphatic carbocycles. The van der Waals surface area contributed by atoms with E-state index in [1.807, 2.05) is 6.92 Å². The van der Waals surface area contributed by atoms with Crippen molar-refractivity contribution >= 4 is 11.8 Å². The number of hydrogen-bond acceptors (Lipinski definition) is 4. The minimum absolute atomic E-state index is 0.0323. The van der Waals surface area contributed by atoms with Crippen LogP contribution in [0, 0.1) is 5.41 Å². The average molecular weight is 312 g/mol. The molecule has 0 aliphatic heterocycles. The maximum absolute atomic E-state index is 13.6. The van der Waals surface area contributed by atoms with Gasteiger partial charge in [0.1, 0.15) is 5.75 Å². The van der Waals surface area contributed by atoms with E-state index < -0.39 is 30.0 Å². The highest BCUT2D eigenvalue weighted by atomic mass is 19.3. The second-order valence-corrected chi connectivity index (χ2v) is 5.25. The summed E-state index contributed by atoms with van der Waals surface area (Å²) >= 11 is 0. The zero-order valence-corrected chi connectivity index (χ0v) is 12.5. The van der Waals surface area contributed by atoms with Gasteiger partial charge in [-0.25, -0.2) is 8.78 Å². The molecule has 22 heavy (non-hydrogen) atoms. The number of halogens is 2. The number of ether oxygens (including phenoxy) is 2. The molecule has 0 N–H and O–H groups in total. The van der Waals surface area contributed by atoms with Crippen LogP contribution < -0.4 is 4.74 Å². The van der Waals surface area contributed by atoms with Gasteiger partial charge in [-0.1, -0.05) is 25.5 Å². The molecule has 0 aromatic heterocycles. The van der Waals surface area contributed by atoms with Crippen LogP contribution in [-0.4, -0.2) is 31.9 Å². The summed E-state index contributed by atoms with van der Waals surface area (Å²) in [6.45, 7) is 1.92. The number of Topliss-reactive ketones (excluding diaryl/α,β-unsaturated/α-hetero) is 1. The molecular formula is C16H18F2O4. The van der Waals surface area contributed by atoms with Crippen LogP contribution in [0.5, 0.6) is 5.75 Å². The summed E-state index contributed by atoms with van der Waals surface area (Å²) in [5.74, 6) is -1.72. The van der Waals surface area contributed by atoms with E-state index in [0.29, 0.717) is 17.7 Å². The maximum Gasteiger partial charge on any atom is 0.326 e. The lowest BCUT2D eigenvalue weighted by molar-refractivity contribution is -0.160. The molecule has 1 unspecified atom stereocenters. The number of alkyl halides is 2. The van der Waals surface area contributed by atoms with Gasteiger partial charge in [0.25, 0.3) is 6.43 Å². The Hall–Kier alpha value is -1.98. The fourth-order valence-corrected chi connectivity index (χ4v) is 2.62. The summed E-state index contributed by atoms with van der Waals surface area (Å²) in [6.07, 6.45) is -2.20. The van der Waals surface area contributed by atoms with E-state index in [0.717, 1.165) is 6.42 Å². The highest BCUT2D eigenvalue weighted by Crippen LogP contribution is 2.45. The third-order valence-electron chi connectivity index (χ3n) is 3.93. The first-order chi connectivity index (χ1) is 10.5. The van der Waals surface area contributed by atoms with E-state index in [1.54, 1.807) is 12.1 Å². The topological polar surface area (TPSA) is 52.6 Å². The van der Waals surface area contributed by atoms with Crippen molar-refractivity contribution in [1.82, 2.24) is 0 Å². The summed E-state index contributed by atoms with van der Waals surface area (Å²) in [7, 11) is 1.39. The van der Waals surface area contributed by atoms with Crippen molar-refractivity contribution in [2.45, 2.75) is 32.6 Å². The number of ketones is 1. The van der Waals surface area contributed by atoms with Crippen LogP contribution in [0.15, 0.2) is 18.2 Å². The van der Waals surface area contributed by atoms with Gasteiger partial charge in [-0.05, 0) is 12.5 Å². The Balaban J connectivity index is 2.38. The van der Waals surface area contributed by atoms with Crippen LogP contribution in [0.2, 0.25) is 0 Å². The molecule has 0 heterocycles. The van der Waals surface area contributed by atoms with Gasteiger partial charge in [0.05, 0.1) is 13.7 Å². The van der Waals surface area contributed by atoms with Gasteiger partial charge < -0.3 is 9.47 Å². The highest BCUT2D eigenvalue weighted by molar-refractivity contribution is 6.16. The standard InChI is InChI=1S/C16H18F2O4/c1-3-4-8-22-15(20)16(14(17)18)9-11-10(13(16)19)6-5-7-12(11)21-2/h5-7,14H,3-4,8-9H2,1-2H3. The molecule has 6 heteroatoms. The summed E-state index contributed by atoms with van der Waals surface area (Å²) in [5.41, 5.74) is -2.01. The van der Waals surface area contributed by atoms with Crippen LogP contribution in [0.4, 0.5) is 8.78 Å². The molecular weight excluding hydrogens is 294 g/mol. The SMILES string of the molecule is CCCCOC(=O)C1(C(F)F)Cc2c(OC)cccc2C1=O. The van der Waals surface area contributed by atoms with Crippen LogP contribution >= 0.6 is 0 Å². The predicted molar refractivity (Wildman–Crippen MR) is 75.3 cm³/mol. The molecule has 1 aromatic carbocycles. The van der Waals surface area contributed by atoms with E-state index in [2.05, 4.69) is 0 Å². The van der Waals surface area contributed by atoms with Gasteiger partial charge in [-0.3, -0.25) is 9.59 Å². The van der Waals surface area contributed by atoms with Gasteiger partial charge in [0, 0.05) is 17.5 Å². The molecule has 0 radical (unpaired) electrons. The second kappa shape index (κ2) is 6.42. The van der Waals surface area contributed by atoms with Crippen molar-refractivity contribution < 1.29 is 27.8 Å². The lowest BCUT2D eigenvalue weighted by atomic mass is 9.84. The fourth-order valence-electron chi connectivity index (χ4n) is 2.62. The Bertz CT molecular complexity index is 586. The Morgan fingerprint density at radius 3 is 2.73 bits per heavy atom. The predicted octanol–water partition coefficient (Wildman–Crippen LogP) is 3.03. The third kappa shape index (κ3) is 2.46. The molecule has 0 bridgehead atoms. The zero-order valence-electron chi connectivity index (χ0n) is 12.5. The van der Waals surface area contributed by atoms with Gasteiger partial charge in [-0.2, -0.15) is 0 Å². The quantitative estimate of drug-likeness (QED) is 0.460. The Morgan fingerprint density at radius 1 is 1.41 bits per heavy atom. The molecule has 0 spiro atoms. The second-order valence-electron chi connectivity index (χ2n) is 5.25. The number of carbonyl (C=O) groups excluding carboxylic acids is 2. The summed E-state index contributed by atoms with van der Waals surface area (Å²) < 4.78 is 37.3. The van der Waals surface area contributed by atoms with Gasteiger partial charge >= 0.3 is 5.97 Å². The number of hydrogen-bond donors (Lipinski definition) is 0. The van der Waals surface area contributed by atoms with Crippen molar-refractivity contribution in [2.24, 2.45) is 5.41 Å². The van der Waals surface area contributed by atoms with E-state index in [4.69, 9.17) is 9.47 Å². The molecule has 1 atom stereocenters. The van der Waals surface area contributed by atoms with Gasteiger partial charge in [0.15, 0.2) is 11.2 Å². The molecule has 1 aromatic rings. The van der Waals surface area contributed by atoms with Crippen molar-refractivity contribution in [3.05, 3.63) is 29.3 Å². The molecule has 1 aliphatic rings.